The predicted octanol–water partition coefficient (Wildman–Crippen LogP) is 2.56. The number of ether oxygens (including phenoxy) is 2. The minimum absolute atomic E-state index is 0.00458. The van der Waals surface area contributed by atoms with Crippen LogP contribution in [0.25, 0.3) is 11.0 Å². The maximum Gasteiger partial charge on any atom is 0.328 e. The maximum atomic E-state index is 12.9. The van der Waals surface area contributed by atoms with E-state index in [9.17, 15) is 19.5 Å². The molecule has 0 amide bonds. The van der Waals surface area contributed by atoms with E-state index in [4.69, 9.17) is 13.9 Å². The lowest BCUT2D eigenvalue weighted by molar-refractivity contribution is -0.140. The Labute approximate surface area is 236 Å². The lowest BCUT2D eigenvalue weighted by Gasteiger charge is -2.36. The fourth-order valence-corrected chi connectivity index (χ4v) is 5.40. The highest BCUT2D eigenvalue weighted by molar-refractivity contribution is 5.78. The summed E-state index contributed by atoms with van der Waals surface area (Å²) < 4.78 is 19.4. The van der Waals surface area contributed by atoms with Crippen molar-refractivity contribution in [3.8, 4) is 11.5 Å². The van der Waals surface area contributed by atoms with Crippen molar-refractivity contribution in [2.75, 3.05) is 45.3 Å². The van der Waals surface area contributed by atoms with Gasteiger partial charge in [0.25, 0.3) is 0 Å². The SMILES string of the molecule is COC(=O)C[C@@H](c1ccc2c(c1)n(C)c(=O)n2C)c1oc(CN2CCN(c3ccc(OC)cc3)CC2)cc(=O)c1O. The molecule has 1 aliphatic rings. The normalized spacial score (nSPS) is 14.8. The Morgan fingerprint density at radius 1 is 0.951 bits per heavy atom. The van der Waals surface area contributed by atoms with Crippen LogP contribution < -0.4 is 20.8 Å². The molecule has 2 aromatic carbocycles. The molecule has 2 aromatic heterocycles. The zero-order valence-electron chi connectivity index (χ0n) is 23.6. The van der Waals surface area contributed by atoms with Gasteiger partial charge in [0.15, 0.2) is 5.76 Å². The van der Waals surface area contributed by atoms with Crippen molar-refractivity contribution < 1.29 is 23.8 Å². The van der Waals surface area contributed by atoms with Crippen molar-refractivity contribution in [1.82, 2.24) is 14.0 Å². The molecule has 1 saturated heterocycles. The molecule has 1 atom stereocenters. The van der Waals surface area contributed by atoms with E-state index in [1.807, 2.05) is 24.3 Å². The Morgan fingerprint density at radius 3 is 2.29 bits per heavy atom. The molecule has 11 heteroatoms. The largest absolute Gasteiger partial charge is 0.502 e. The number of fused-ring (bicyclic) bond motifs is 1. The number of aromatic hydroxyl groups is 1. The minimum atomic E-state index is -0.804. The van der Waals surface area contributed by atoms with Crippen LogP contribution in [0.5, 0.6) is 11.5 Å². The Hall–Kier alpha value is -4.51. The van der Waals surface area contributed by atoms with E-state index in [-0.39, 0.29) is 17.9 Å². The average Bonchev–Trinajstić information content (AvgIpc) is 3.21. The quantitative estimate of drug-likeness (QED) is 0.323. The lowest BCUT2D eigenvalue weighted by Crippen LogP contribution is -2.46. The van der Waals surface area contributed by atoms with Gasteiger partial charge < -0.3 is 23.9 Å². The first-order chi connectivity index (χ1) is 19.7. The van der Waals surface area contributed by atoms with Gasteiger partial charge in [-0.05, 0) is 42.0 Å². The summed E-state index contributed by atoms with van der Waals surface area (Å²) >= 11 is 0. The monoisotopic (exact) mass is 562 g/mol. The molecule has 0 spiro atoms. The summed E-state index contributed by atoms with van der Waals surface area (Å²) in [7, 11) is 6.27. The van der Waals surface area contributed by atoms with Gasteiger partial charge >= 0.3 is 11.7 Å². The topological polar surface area (TPSA) is 119 Å². The van der Waals surface area contributed by atoms with Crippen molar-refractivity contribution in [3.05, 3.63) is 86.3 Å². The number of aromatic nitrogens is 2. The van der Waals surface area contributed by atoms with Crippen molar-refractivity contribution in [2.24, 2.45) is 14.1 Å². The number of rotatable bonds is 8. The minimum Gasteiger partial charge on any atom is -0.502 e. The number of anilines is 1. The fourth-order valence-electron chi connectivity index (χ4n) is 5.40. The second kappa shape index (κ2) is 11.5. The predicted molar refractivity (Wildman–Crippen MR) is 154 cm³/mol. The van der Waals surface area contributed by atoms with Crippen molar-refractivity contribution in [1.29, 1.82) is 0 Å². The van der Waals surface area contributed by atoms with Gasteiger partial charge in [-0.2, -0.15) is 0 Å². The molecule has 11 nitrogen and oxygen atoms in total. The van der Waals surface area contributed by atoms with E-state index in [1.54, 1.807) is 39.4 Å². The van der Waals surface area contributed by atoms with Crippen LogP contribution in [0.15, 0.2) is 62.5 Å². The zero-order chi connectivity index (χ0) is 29.3. The van der Waals surface area contributed by atoms with Crippen LogP contribution >= 0.6 is 0 Å². The Morgan fingerprint density at radius 2 is 1.63 bits per heavy atom. The van der Waals surface area contributed by atoms with Crippen LogP contribution in [-0.4, -0.2) is 65.5 Å². The first kappa shape index (κ1) is 28.0. The van der Waals surface area contributed by atoms with Crippen molar-refractivity contribution >= 4 is 22.7 Å². The second-order valence-electron chi connectivity index (χ2n) is 10.2. The molecule has 1 aliphatic heterocycles. The first-order valence-corrected chi connectivity index (χ1v) is 13.4. The lowest BCUT2D eigenvalue weighted by atomic mass is 9.91. The number of nitrogens with zero attached hydrogens (tertiary/aromatic N) is 4. The van der Waals surface area contributed by atoms with Gasteiger partial charge in [0, 0.05) is 52.0 Å². The van der Waals surface area contributed by atoms with Crippen LogP contribution in [0.3, 0.4) is 0 Å². The summed E-state index contributed by atoms with van der Waals surface area (Å²) in [6.07, 6.45) is -0.163. The number of piperazine rings is 1. The summed E-state index contributed by atoms with van der Waals surface area (Å²) in [5, 5.41) is 10.8. The number of carbonyl (C=O) groups excluding carboxylic acids is 1. The second-order valence-corrected chi connectivity index (χ2v) is 10.2. The van der Waals surface area contributed by atoms with Crippen LogP contribution in [0.2, 0.25) is 0 Å². The van der Waals surface area contributed by atoms with Gasteiger partial charge in [0.05, 0.1) is 44.1 Å². The van der Waals surface area contributed by atoms with E-state index in [0.29, 0.717) is 28.9 Å². The molecule has 1 fully saturated rings. The van der Waals surface area contributed by atoms with E-state index in [0.717, 1.165) is 37.6 Å². The first-order valence-electron chi connectivity index (χ1n) is 13.4. The molecular formula is C30H34N4O7. The van der Waals surface area contributed by atoms with Gasteiger partial charge in [-0.1, -0.05) is 6.07 Å². The highest BCUT2D eigenvalue weighted by atomic mass is 16.5. The Bertz CT molecular complexity index is 1680. The molecule has 41 heavy (non-hydrogen) atoms. The van der Waals surface area contributed by atoms with Crippen LogP contribution in [0.4, 0.5) is 5.69 Å². The van der Waals surface area contributed by atoms with Gasteiger partial charge in [-0.25, -0.2) is 4.79 Å². The van der Waals surface area contributed by atoms with Crippen LogP contribution in [0, 0.1) is 0 Å². The molecule has 0 saturated carbocycles. The van der Waals surface area contributed by atoms with Crippen LogP contribution in [-0.2, 0) is 30.2 Å². The molecule has 3 heterocycles. The standard InChI is InChI=1S/C30H34N4O7/c1-31-24-10-5-19(15-25(24)32(2)30(31)38)23(17-27(36)40-4)29-28(37)26(35)16-22(41-29)18-33-11-13-34(14-12-33)20-6-8-21(39-3)9-7-20/h5-10,15-16,23,37H,11-14,17-18H2,1-4H3/t23-/m0/s1. The van der Waals surface area contributed by atoms with Gasteiger partial charge in [-0.3, -0.25) is 23.6 Å². The highest BCUT2D eigenvalue weighted by Crippen LogP contribution is 2.35. The maximum absolute atomic E-state index is 12.9. The van der Waals surface area contributed by atoms with E-state index in [1.165, 1.54) is 22.3 Å². The third kappa shape index (κ3) is 5.58. The Balaban J connectivity index is 1.41. The molecule has 0 unspecified atom stereocenters. The number of hydrogen-bond acceptors (Lipinski definition) is 9. The summed E-state index contributed by atoms with van der Waals surface area (Å²) in [6, 6.07) is 14.6. The number of hydrogen-bond donors (Lipinski definition) is 1. The smallest absolute Gasteiger partial charge is 0.328 e. The Kier molecular flexibility index (Phi) is 7.89. The fraction of sp³-hybridized carbons (Fsp3) is 0.367. The number of imidazole rings is 1. The number of aryl methyl sites for hydroxylation is 2. The number of methoxy groups -OCH3 is 2. The van der Waals surface area contributed by atoms with Gasteiger partial charge in [-0.15, -0.1) is 0 Å². The molecule has 1 N–H and O–H groups in total. The summed E-state index contributed by atoms with van der Waals surface area (Å²) in [4.78, 5) is 42.3. The van der Waals surface area contributed by atoms with E-state index >= 15 is 0 Å². The highest BCUT2D eigenvalue weighted by Gasteiger charge is 2.28. The average molecular weight is 563 g/mol. The molecule has 4 aromatic rings. The van der Waals surface area contributed by atoms with Crippen molar-refractivity contribution in [2.45, 2.75) is 18.9 Å². The molecule has 5 rings (SSSR count). The summed E-state index contributed by atoms with van der Waals surface area (Å²) in [5.74, 6) is -0.683. The third-order valence-electron chi connectivity index (χ3n) is 7.80. The molecule has 0 radical (unpaired) electrons. The van der Waals surface area contributed by atoms with Gasteiger partial charge in [0.2, 0.25) is 11.2 Å². The number of benzene rings is 2. The molecule has 0 bridgehead atoms. The van der Waals surface area contributed by atoms with Crippen LogP contribution in [0.1, 0.15) is 29.4 Å². The molecular weight excluding hydrogens is 528 g/mol. The van der Waals surface area contributed by atoms with E-state index in [2.05, 4.69) is 9.80 Å². The zero-order valence-corrected chi connectivity index (χ0v) is 23.6. The summed E-state index contributed by atoms with van der Waals surface area (Å²) in [6.45, 7) is 3.45. The molecule has 216 valence electrons. The number of carbonyl (C=O) groups is 1. The van der Waals surface area contributed by atoms with Gasteiger partial charge in [0.1, 0.15) is 11.5 Å². The van der Waals surface area contributed by atoms with Crippen molar-refractivity contribution in [3.63, 3.8) is 0 Å². The summed E-state index contributed by atoms with van der Waals surface area (Å²) in [5.41, 5.74) is 2.31. The number of esters is 1. The molecule has 0 aliphatic carbocycles. The third-order valence-corrected chi connectivity index (χ3v) is 7.80. The van der Waals surface area contributed by atoms with E-state index < -0.39 is 23.1 Å².